The van der Waals surface area contributed by atoms with Gasteiger partial charge in [0.15, 0.2) is 0 Å². The normalized spacial score (nSPS) is 10.8. The maximum atomic E-state index is 12.6. The molecular weight excluding hydrogens is 388 g/mol. The number of pyridine rings is 1. The Morgan fingerprint density at radius 2 is 1.83 bits per heavy atom. The fraction of sp³-hybridized carbons (Fsp3) is 0.0769. The van der Waals surface area contributed by atoms with Gasteiger partial charge in [0.1, 0.15) is 0 Å². The lowest BCUT2D eigenvalue weighted by atomic mass is 10.0. The molecular formula is C26H18N2OS. The zero-order valence-electron chi connectivity index (χ0n) is 16.2. The van der Waals surface area contributed by atoms with Crippen molar-refractivity contribution in [1.82, 2.24) is 9.97 Å². The molecule has 0 aliphatic carbocycles. The number of aromatic nitrogens is 2. The van der Waals surface area contributed by atoms with E-state index in [0.717, 1.165) is 44.2 Å². The number of hydrogen-bond donors (Lipinski definition) is 1. The molecule has 0 aliphatic heterocycles. The fourth-order valence-corrected chi connectivity index (χ4v) is 4.20. The Hall–Kier alpha value is -3.68. The van der Waals surface area contributed by atoms with Crippen LogP contribution in [0.1, 0.15) is 22.3 Å². The number of benzene rings is 3. The van der Waals surface area contributed by atoms with Crippen LogP contribution in [0.3, 0.4) is 0 Å². The first-order valence-corrected chi connectivity index (χ1v) is 10.6. The molecule has 5 aromatic rings. The van der Waals surface area contributed by atoms with E-state index in [1.54, 1.807) is 11.3 Å². The Balaban J connectivity index is 1.43. The van der Waals surface area contributed by atoms with Crippen molar-refractivity contribution in [3.63, 3.8) is 0 Å². The minimum absolute atomic E-state index is 0.0520. The molecule has 0 saturated heterocycles. The molecule has 0 bridgehead atoms. The molecule has 0 unspecified atom stereocenters. The van der Waals surface area contributed by atoms with Crippen molar-refractivity contribution < 1.29 is 0 Å². The van der Waals surface area contributed by atoms with Crippen LogP contribution in [0.25, 0.3) is 21.1 Å². The van der Waals surface area contributed by atoms with Crippen molar-refractivity contribution in [2.24, 2.45) is 0 Å². The van der Waals surface area contributed by atoms with E-state index in [2.05, 4.69) is 52.1 Å². The quantitative estimate of drug-likeness (QED) is 0.412. The lowest BCUT2D eigenvalue weighted by Gasteiger charge is -2.05. The van der Waals surface area contributed by atoms with Gasteiger partial charge in [0, 0.05) is 29.5 Å². The van der Waals surface area contributed by atoms with Gasteiger partial charge < -0.3 is 4.98 Å². The number of aromatic amines is 1. The van der Waals surface area contributed by atoms with Crippen LogP contribution >= 0.6 is 11.3 Å². The number of hydrogen-bond acceptors (Lipinski definition) is 3. The molecule has 4 heteroatoms. The summed E-state index contributed by atoms with van der Waals surface area (Å²) in [4.78, 5) is 19.9. The molecule has 1 N–H and O–H groups in total. The number of nitrogens with zero attached hydrogens (tertiary/aromatic N) is 1. The highest BCUT2D eigenvalue weighted by molar-refractivity contribution is 7.16. The van der Waals surface area contributed by atoms with Crippen molar-refractivity contribution in [2.75, 3.05) is 0 Å². The van der Waals surface area contributed by atoms with E-state index in [0.29, 0.717) is 6.42 Å². The highest BCUT2D eigenvalue weighted by Gasteiger charge is 2.06. The molecule has 0 saturated carbocycles. The predicted molar refractivity (Wildman–Crippen MR) is 124 cm³/mol. The SMILES string of the molecule is O=c1[nH]c2ccc(C#CCc3ccccc3)cc2cc1Cc1ccc2scnc2c1. The van der Waals surface area contributed by atoms with E-state index in [4.69, 9.17) is 0 Å². The van der Waals surface area contributed by atoms with Gasteiger partial charge in [-0.05, 0) is 52.9 Å². The predicted octanol–water partition coefficient (Wildman–Crippen LogP) is 5.32. The summed E-state index contributed by atoms with van der Waals surface area (Å²) in [5, 5.41) is 0.992. The maximum Gasteiger partial charge on any atom is 0.251 e. The largest absolute Gasteiger partial charge is 0.322 e. The number of fused-ring (bicyclic) bond motifs is 2. The second-order valence-corrected chi connectivity index (χ2v) is 8.11. The molecule has 144 valence electrons. The van der Waals surface area contributed by atoms with Crippen LogP contribution in [-0.2, 0) is 12.8 Å². The smallest absolute Gasteiger partial charge is 0.251 e. The summed E-state index contributed by atoms with van der Waals surface area (Å²) >= 11 is 1.62. The zero-order chi connectivity index (χ0) is 20.3. The Labute approximate surface area is 178 Å². The third kappa shape index (κ3) is 3.89. The molecule has 5 rings (SSSR count). The summed E-state index contributed by atoms with van der Waals surface area (Å²) in [5.74, 6) is 6.47. The summed E-state index contributed by atoms with van der Waals surface area (Å²) in [6.45, 7) is 0. The molecule has 2 heterocycles. The minimum atomic E-state index is -0.0520. The monoisotopic (exact) mass is 406 g/mol. The first kappa shape index (κ1) is 18.4. The van der Waals surface area contributed by atoms with Crippen molar-refractivity contribution in [1.29, 1.82) is 0 Å². The highest BCUT2D eigenvalue weighted by Crippen LogP contribution is 2.21. The third-order valence-electron chi connectivity index (χ3n) is 5.08. The molecule has 3 aromatic carbocycles. The summed E-state index contributed by atoms with van der Waals surface area (Å²) in [6, 6.07) is 24.3. The van der Waals surface area contributed by atoms with Gasteiger partial charge >= 0.3 is 0 Å². The highest BCUT2D eigenvalue weighted by atomic mass is 32.1. The van der Waals surface area contributed by atoms with Gasteiger partial charge in [0.25, 0.3) is 5.56 Å². The number of H-pyrrole nitrogens is 1. The van der Waals surface area contributed by atoms with E-state index in [1.165, 1.54) is 5.56 Å². The molecule has 30 heavy (non-hydrogen) atoms. The average Bonchev–Trinajstić information content (AvgIpc) is 3.23. The van der Waals surface area contributed by atoms with Crippen molar-refractivity contribution in [2.45, 2.75) is 12.8 Å². The third-order valence-corrected chi connectivity index (χ3v) is 5.89. The molecule has 0 spiro atoms. The molecule has 0 radical (unpaired) electrons. The van der Waals surface area contributed by atoms with E-state index >= 15 is 0 Å². The van der Waals surface area contributed by atoms with E-state index < -0.39 is 0 Å². The van der Waals surface area contributed by atoms with Crippen molar-refractivity contribution in [3.8, 4) is 11.8 Å². The first-order valence-electron chi connectivity index (χ1n) is 9.75. The topological polar surface area (TPSA) is 45.8 Å². The minimum Gasteiger partial charge on any atom is -0.322 e. The van der Waals surface area contributed by atoms with Gasteiger partial charge in [-0.3, -0.25) is 4.79 Å². The lowest BCUT2D eigenvalue weighted by molar-refractivity contribution is 1.12. The number of nitrogens with one attached hydrogen (secondary N) is 1. The Bertz CT molecular complexity index is 1470. The second kappa shape index (κ2) is 7.98. The van der Waals surface area contributed by atoms with Crippen LogP contribution in [0.15, 0.2) is 83.1 Å². The van der Waals surface area contributed by atoms with Crippen molar-refractivity contribution in [3.05, 3.63) is 111 Å². The maximum absolute atomic E-state index is 12.6. The lowest BCUT2D eigenvalue weighted by Crippen LogP contribution is -2.12. The Kier molecular flexibility index (Phi) is 4.88. The van der Waals surface area contributed by atoms with E-state index in [9.17, 15) is 4.79 Å². The van der Waals surface area contributed by atoms with Crippen LogP contribution in [0, 0.1) is 11.8 Å². The number of thiazole rings is 1. The summed E-state index contributed by atoms with van der Waals surface area (Å²) in [7, 11) is 0. The van der Waals surface area contributed by atoms with Gasteiger partial charge in [0.2, 0.25) is 0 Å². The van der Waals surface area contributed by atoms with Crippen LogP contribution in [-0.4, -0.2) is 9.97 Å². The zero-order valence-corrected chi connectivity index (χ0v) is 17.0. The Morgan fingerprint density at radius 3 is 2.73 bits per heavy atom. The average molecular weight is 407 g/mol. The van der Waals surface area contributed by atoms with Gasteiger partial charge in [0.05, 0.1) is 15.7 Å². The molecule has 0 amide bonds. The van der Waals surface area contributed by atoms with Gasteiger partial charge in [-0.15, -0.1) is 11.3 Å². The molecule has 0 atom stereocenters. The second-order valence-electron chi connectivity index (χ2n) is 7.22. The standard InChI is InChI=1S/C26H18N2OS/c29-26-22(14-20-10-12-25-24(15-20)27-17-30-25)16-21-13-19(9-11-23(21)28-26)8-4-7-18-5-2-1-3-6-18/h1-3,5-6,9-13,15-17H,7,14H2,(H,28,29). The van der Waals surface area contributed by atoms with Crippen LogP contribution in [0.5, 0.6) is 0 Å². The molecule has 0 fully saturated rings. The summed E-state index contributed by atoms with van der Waals surface area (Å²) in [6.07, 6.45) is 1.29. The summed E-state index contributed by atoms with van der Waals surface area (Å²) in [5.41, 5.74) is 7.57. The van der Waals surface area contributed by atoms with Crippen LogP contribution in [0.2, 0.25) is 0 Å². The fourth-order valence-electron chi connectivity index (χ4n) is 3.54. The molecule has 2 aromatic heterocycles. The molecule has 0 aliphatic rings. The van der Waals surface area contributed by atoms with Crippen LogP contribution in [0.4, 0.5) is 0 Å². The number of rotatable bonds is 3. The molecule has 3 nitrogen and oxygen atoms in total. The van der Waals surface area contributed by atoms with E-state index in [-0.39, 0.29) is 5.56 Å². The Morgan fingerprint density at radius 1 is 0.933 bits per heavy atom. The van der Waals surface area contributed by atoms with Crippen molar-refractivity contribution >= 4 is 32.5 Å². The van der Waals surface area contributed by atoms with Crippen LogP contribution < -0.4 is 5.56 Å². The van der Waals surface area contributed by atoms with E-state index in [1.807, 2.05) is 48.0 Å². The summed E-state index contributed by atoms with van der Waals surface area (Å²) < 4.78 is 1.16. The van der Waals surface area contributed by atoms with Gasteiger partial charge in [-0.2, -0.15) is 0 Å². The van der Waals surface area contributed by atoms with Gasteiger partial charge in [-0.25, -0.2) is 4.98 Å². The first-order chi connectivity index (χ1) is 14.7. The van der Waals surface area contributed by atoms with Gasteiger partial charge in [-0.1, -0.05) is 48.2 Å².